The SMILES string of the molecule is CC(C)(C)n1cnc2ccc(C(=NO)c3ccccc3)cc21. The van der Waals surface area contributed by atoms with Gasteiger partial charge in [-0.2, -0.15) is 0 Å². The van der Waals surface area contributed by atoms with Crippen LogP contribution in [0.5, 0.6) is 0 Å². The number of oxime groups is 1. The lowest BCUT2D eigenvalue weighted by atomic mass is 10.0. The topological polar surface area (TPSA) is 50.4 Å². The number of hydrogen-bond acceptors (Lipinski definition) is 3. The van der Waals surface area contributed by atoms with Crippen LogP contribution >= 0.6 is 0 Å². The highest BCUT2D eigenvalue weighted by Crippen LogP contribution is 2.24. The minimum absolute atomic E-state index is 0.0589. The summed E-state index contributed by atoms with van der Waals surface area (Å²) in [5.41, 5.74) is 4.21. The zero-order chi connectivity index (χ0) is 15.7. The van der Waals surface area contributed by atoms with Crippen LogP contribution in [0.1, 0.15) is 31.9 Å². The van der Waals surface area contributed by atoms with Crippen LogP contribution in [0.25, 0.3) is 11.0 Å². The fraction of sp³-hybridized carbons (Fsp3) is 0.222. The van der Waals surface area contributed by atoms with Crippen molar-refractivity contribution in [3.05, 3.63) is 66.0 Å². The highest BCUT2D eigenvalue weighted by atomic mass is 16.4. The lowest BCUT2D eigenvalue weighted by Gasteiger charge is -2.21. The predicted molar refractivity (Wildman–Crippen MR) is 88.6 cm³/mol. The number of hydrogen-bond donors (Lipinski definition) is 1. The molecule has 4 heteroatoms. The van der Waals surface area contributed by atoms with E-state index in [0.717, 1.165) is 22.2 Å². The first-order chi connectivity index (χ1) is 10.5. The van der Waals surface area contributed by atoms with Gasteiger partial charge in [-0.1, -0.05) is 41.6 Å². The van der Waals surface area contributed by atoms with Crippen molar-refractivity contribution in [1.82, 2.24) is 9.55 Å². The van der Waals surface area contributed by atoms with Crippen molar-refractivity contribution in [1.29, 1.82) is 0 Å². The summed E-state index contributed by atoms with van der Waals surface area (Å²) in [7, 11) is 0. The number of aromatic nitrogens is 2. The van der Waals surface area contributed by atoms with Gasteiger partial charge < -0.3 is 9.77 Å². The van der Waals surface area contributed by atoms with Crippen molar-refractivity contribution >= 4 is 16.7 Å². The van der Waals surface area contributed by atoms with Gasteiger partial charge in [0.05, 0.1) is 17.4 Å². The maximum absolute atomic E-state index is 9.45. The third-order valence-corrected chi connectivity index (χ3v) is 3.69. The van der Waals surface area contributed by atoms with Gasteiger partial charge in [-0.15, -0.1) is 0 Å². The Hall–Kier alpha value is -2.62. The molecule has 22 heavy (non-hydrogen) atoms. The fourth-order valence-electron chi connectivity index (χ4n) is 2.57. The van der Waals surface area contributed by atoms with Crippen molar-refractivity contribution < 1.29 is 5.21 Å². The standard InChI is InChI=1S/C18H19N3O/c1-18(2,3)21-12-19-15-10-9-14(11-16(15)21)17(20-22)13-7-5-4-6-8-13/h4-12,22H,1-3H3. The third kappa shape index (κ3) is 2.48. The molecule has 0 atom stereocenters. The van der Waals surface area contributed by atoms with E-state index in [1.54, 1.807) is 0 Å². The monoisotopic (exact) mass is 293 g/mol. The van der Waals surface area contributed by atoms with E-state index in [9.17, 15) is 5.21 Å². The second-order valence-electron chi connectivity index (χ2n) is 6.30. The molecule has 0 aliphatic rings. The molecule has 1 aromatic heterocycles. The van der Waals surface area contributed by atoms with E-state index in [1.807, 2.05) is 54.9 Å². The Morgan fingerprint density at radius 1 is 1.05 bits per heavy atom. The maximum Gasteiger partial charge on any atom is 0.117 e. The lowest BCUT2D eigenvalue weighted by Crippen LogP contribution is -2.20. The molecule has 0 fully saturated rings. The predicted octanol–water partition coefficient (Wildman–Crippen LogP) is 4.02. The van der Waals surface area contributed by atoms with E-state index < -0.39 is 0 Å². The molecule has 1 N–H and O–H groups in total. The third-order valence-electron chi connectivity index (χ3n) is 3.69. The highest BCUT2D eigenvalue weighted by Gasteiger charge is 2.17. The van der Waals surface area contributed by atoms with Gasteiger partial charge in [-0.05, 0) is 32.9 Å². The second kappa shape index (κ2) is 5.30. The molecular weight excluding hydrogens is 274 g/mol. The highest BCUT2D eigenvalue weighted by molar-refractivity contribution is 6.13. The Balaban J connectivity index is 2.16. The van der Waals surface area contributed by atoms with Gasteiger partial charge in [0.1, 0.15) is 5.71 Å². The lowest BCUT2D eigenvalue weighted by molar-refractivity contribution is 0.319. The first kappa shape index (κ1) is 14.3. The largest absolute Gasteiger partial charge is 0.410 e. The Morgan fingerprint density at radius 3 is 2.41 bits per heavy atom. The number of fused-ring (bicyclic) bond motifs is 1. The molecule has 3 rings (SSSR count). The van der Waals surface area contributed by atoms with Crippen LogP contribution in [0, 0.1) is 0 Å². The Morgan fingerprint density at radius 2 is 1.77 bits per heavy atom. The Labute approximate surface area is 129 Å². The van der Waals surface area contributed by atoms with Gasteiger partial charge in [0.2, 0.25) is 0 Å². The first-order valence-corrected chi connectivity index (χ1v) is 7.26. The summed E-state index contributed by atoms with van der Waals surface area (Å²) in [4.78, 5) is 4.44. The molecule has 2 aromatic carbocycles. The number of rotatable bonds is 2. The van der Waals surface area contributed by atoms with E-state index in [1.165, 1.54) is 0 Å². The first-order valence-electron chi connectivity index (χ1n) is 7.26. The molecule has 112 valence electrons. The summed E-state index contributed by atoms with van der Waals surface area (Å²) < 4.78 is 2.13. The minimum Gasteiger partial charge on any atom is -0.410 e. The average molecular weight is 293 g/mol. The molecule has 0 radical (unpaired) electrons. The van der Waals surface area contributed by atoms with Crippen LogP contribution < -0.4 is 0 Å². The van der Waals surface area contributed by atoms with E-state index in [2.05, 4.69) is 35.5 Å². The van der Waals surface area contributed by atoms with Crippen LogP contribution in [0.2, 0.25) is 0 Å². The normalized spacial score (nSPS) is 12.8. The second-order valence-corrected chi connectivity index (χ2v) is 6.30. The van der Waals surface area contributed by atoms with Gasteiger partial charge in [-0.3, -0.25) is 0 Å². The van der Waals surface area contributed by atoms with Crippen molar-refractivity contribution in [3.63, 3.8) is 0 Å². The molecule has 0 saturated carbocycles. The zero-order valence-electron chi connectivity index (χ0n) is 13.0. The molecule has 0 unspecified atom stereocenters. The van der Waals surface area contributed by atoms with Crippen LogP contribution in [0.15, 0.2) is 60.0 Å². The number of nitrogens with zero attached hydrogens (tertiary/aromatic N) is 3. The molecule has 0 aliphatic heterocycles. The number of imidazole rings is 1. The molecule has 0 saturated heterocycles. The Kier molecular flexibility index (Phi) is 3.45. The summed E-state index contributed by atoms with van der Waals surface area (Å²) in [5.74, 6) is 0. The molecule has 0 spiro atoms. The van der Waals surface area contributed by atoms with E-state index >= 15 is 0 Å². The maximum atomic E-state index is 9.45. The zero-order valence-corrected chi connectivity index (χ0v) is 13.0. The minimum atomic E-state index is -0.0589. The summed E-state index contributed by atoms with van der Waals surface area (Å²) in [5, 5.41) is 12.9. The summed E-state index contributed by atoms with van der Waals surface area (Å²) >= 11 is 0. The van der Waals surface area contributed by atoms with Crippen molar-refractivity contribution in [2.45, 2.75) is 26.3 Å². The van der Waals surface area contributed by atoms with E-state index in [0.29, 0.717) is 5.71 Å². The molecule has 3 aromatic rings. The van der Waals surface area contributed by atoms with Crippen LogP contribution in [-0.4, -0.2) is 20.5 Å². The van der Waals surface area contributed by atoms with Crippen LogP contribution in [0.3, 0.4) is 0 Å². The van der Waals surface area contributed by atoms with Gasteiger partial charge >= 0.3 is 0 Å². The van der Waals surface area contributed by atoms with Gasteiger partial charge in [-0.25, -0.2) is 4.98 Å². The Bertz CT molecular complexity index is 826. The smallest absolute Gasteiger partial charge is 0.117 e. The molecule has 1 heterocycles. The van der Waals surface area contributed by atoms with Crippen LogP contribution in [0.4, 0.5) is 0 Å². The van der Waals surface area contributed by atoms with Gasteiger partial charge in [0, 0.05) is 16.7 Å². The van der Waals surface area contributed by atoms with E-state index in [4.69, 9.17) is 0 Å². The van der Waals surface area contributed by atoms with Crippen molar-refractivity contribution in [3.8, 4) is 0 Å². The van der Waals surface area contributed by atoms with Crippen molar-refractivity contribution in [2.75, 3.05) is 0 Å². The van der Waals surface area contributed by atoms with Crippen LogP contribution in [-0.2, 0) is 5.54 Å². The molecule has 4 nitrogen and oxygen atoms in total. The van der Waals surface area contributed by atoms with Crippen molar-refractivity contribution in [2.24, 2.45) is 5.16 Å². The van der Waals surface area contributed by atoms with Gasteiger partial charge in [0.15, 0.2) is 0 Å². The number of benzene rings is 2. The summed E-state index contributed by atoms with van der Waals surface area (Å²) in [6.07, 6.45) is 1.85. The summed E-state index contributed by atoms with van der Waals surface area (Å²) in [6.45, 7) is 6.41. The van der Waals surface area contributed by atoms with E-state index in [-0.39, 0.29) is 5.54 Å². The molecular formula is C18H19N3O. The summed E-state index contributed by atoms with van der Waals surface area (Å²) in [6, 6.07) is 15.6. The molecule has 0 aliphatic carbocycles. The molecule has 0 amide bonds. The molecule has 0 bridgehead atoms. The quantitative estimate of drug-likeness (QED) is 0.441. The fourth-order valence-corrected chi connectivity index (χ4v) is 2.57. The average Bonchev–Trinajstić information content (AvgIpc) is 2.92. The van der Waals surface area contributed by atoms with Gasteiger partial charge in [0.25, 0.3) is 0 Å².